The van der Waals surface area contributed by atoms with Crippen LogP contribution in [0.3, 0.4) is 0 Å². The fourth-order valence-electron chi connectivity index (χ4n) is 3.06. The zero-order chi connectivity index (χ0) is 15.1. The van der Waals surface area contributed by atoms with Crippen molar-refractivity contribution in [3.05, 3.63) is 65.4 Å². The molecular weight excluding hydrogens is 274 g/mol. The van der Waals surface area contributed by atoms with Crippen LogP contribution >= 0.6 is 0 Å². The van der Waals surface area contributed by atoms with Crippen LogP contribution in [0, 0.1) is 0 Å². The quantitative estimate of drug-likeness (QED) is 0.534. The van der Waals surface area contributed by atoms with Crippen LogP contribution in [0.2, 0.25) is 0 Å². The first-order valence-corrected chi connectivity index (χ1v) is 7.34. The number of aromatic nitrogens is 1. The number of nitrogen functional groups attached to an aromatic ring is 1. The number of para-hydroxylation sites is 2. The molecule has 2 aromatic carbocycles. The second-order valence-electron chi connectivity index (χ2n) is 5.53. The monoisotopic (exact) mass is 290 g/mol. The summed E-state index contributed by atoms with van der Waals surface area (Å²) in [5.41, 5.74) is 10.4. The molecule has 3 aromatic rings. The van der Waals surface area contributed by atoms with Crippen LogP contribution in [0.5, 0.6) is 0 Å². The topological polar surface area (TPSA) is 61.9 Å². The van der Waals surface area contributed by atoms with Crippen molar-refractivity contribution in [3.8, 4) is 0 Å². The summed E-state index contributed by atoms with van der Waals surface area (Å²) < 4.78 is 1.74. The van der Waals surface area contributed by atoms with Gasteiger partial charge in [0.15, 0.2) is 12.8 Å². The molecule has 0 spiro atoms. The average Bonchev–Trinajstić information content (AvgIpc) is 2.92. The van der Waals surface area contributed by atoms with Crippen LogP contribution in [-0.2, 0) is 6.42 Å². The molecule has 1 aliphatic rings. The third-order valence-electron chi connectivity index (χ3n) is 4.19. The molecule has 108 valence electrons. The van der Waals surface area contributed by atoms with E-state index in [1.54, 1.807) is 16.7 Å². The van der Waals surface area contributed by atoms with Crippen LogP contribution in [0.1, 0.15) is 21.6 Å². The van der Waals surface area contributed by atoms with Crippen LogP contribution in [0.15, 0.2) is 48.5 Å². The Hall–Kier alpha value is -2.88. The largest absolute Gasteiger partial charge is 0.421 e. The SMILES string of the molecule is Nc1ccccc1C(=O)[N+]1=Cc2[nH]c3ccccc3c2CC1. The fraction of sp³-hybridized carbons (Fsp3) is 0.111. The Labute approximate surface area is 127 Å². The van der Waals surface area contributed by atoms with E-state index in [4.69, 9.17) is 5.73 Å². The van der Waals surface area contributed by atoms with E-state index in [9.17, 15) is 4.79 Å². The van der Waals surface area contributed by atoms with Gasteiger partial charge in [-0.1, -0.05) is 30.3 Å². The second kappa shape index (κ2) is 4.84. The number of carbonyl (C=O) groups excluding carboxylic acids is 1. The van der Waals surface area contributed by atoms with E-state index in [2.05, 4.69) is 17.1 Å². The lowest BCUT2D eigenvalue weighted by Crippen LogP contribution is -2.29. The summed E-state index contributed by atoms with van der Waals surface area (Å²) in [6, 6.07) is 15.4. The molecular formula is C18H16N3O+. The standard InChI is InChI=1S/C18H15N3O/c19-15-7-3-1-6-14(15)18(22)21-10-9-13-12-5-2-4-8-16(12)20-17(13)11-21/h1-8,11H,9-10H2,(H2,19,22)/p+1. The Morgan fingerprint density at radius 1 is 1.09 bits per heavy atom. The summed E-state index contributed by atoms with van der Waals surface area (Å²) >= 11 is 0. The first kappa shape index (κ1) is 12.8. The van der Waals surface area contributed by atoms with Gasteiger partial charge in [-0.05, 0) is 23.8 Å². The highest BCUT2D eigenvalue weighted by molar-refractivity contribution is 5.99. The summed E-state index contributed by atoms with van der Waals surface area (Å²) in [6.07, 6.45) is 2.74. The minimum Gasteiger partial charge on any atom is -0.398 e. The summed E-state index contributed by atoms with van der Waals surface area (Å²) in [7, 11) is 0. The van der Waals surface area contributed by atoms with Crippen LogP contribution in [0.4, 0.5) is 5.69 Å². The predicted octanol–water partition coefficient (Wildman–Crippen LogP) is 2.58. The van der Waals surface area contributed by atoms with Crippen molar-refractivity contribution in [3.63, 3.8) is 0 Å². The molecule has 0 bridgehead atoms. The molecule has 0 atom stereocenters. The number of rotatable bonds is 1. The van der Waals surface area contributed by atoms with Crippen molar-refractivity contribution in [2.45, 2.75) is 6.42 Å². The average molecular weight is 290 g/mol. The van der Waals surface area contributed by atoms with Gasteiger partial charge in [0, 0.05) is 23.0 Å². The lowest BCUT2D eigenvalue weighted by atomic mass is 10.0. The predicted molar refractivity (Wildman–Crippen MR) is 87.5 cm³/mol. The molecule has 0 saturated heterocycles. The number of amides is 1. The van der Waals surface area contributed by atoms with E-state index in [1.807, 2.05) is 30.5 Å². The normalized spacial score (nSPS) is 13.7. The molecule has 1 amide bonds. The summed E-state index contributed by atoms with van der Waals surface area (Å²) in [6.45, 7) is 0.669. The van der Waals surface area contributed by atoms with Gasteiger partial charge >= 0.3 is 5.91 Å². The highest BCUT2D eigenvalue weighted by Crippen LogP contribution is 2.24. The van der Waals surface area contributed by atoms with E-state index in [0.717, 1.165) is 17.6 Å². The Kier molecular flexibility index (Phi) is 2.82. The van der Waals surface area contributed by atoms with Crippen molar-refractivity contribution in [1.29, 1.82) is 0 Å². The fourth-order valence-corrected chi connectivity index (χ4v) is 3.06. The van der Waals surface area contributed by atoms with Gasteiger partial charge in [-0.25, -0.2) is 4.79 Å². The third-order valence-corrected chi connectivity index (χ3v) is 4.19. The third kappa shape index (κ3) is 1.92. The molecule has 2 heterocycles. The van der Waals surface area contributed by atoms with Crippen LogP contribution in [0.25, 0.3) is 10.9 Å². The molecule has 0 unspecified atom stereocenters. The number of fused-ring (bicyclic) bond motifs is 3. The number of H-pyrrole nitrogens is 1. The maximum atomic E-state index is 12.6. The maximum Gasteiger partial charge on any atom is 0.421 e. The molecule has 0 radical (unpaired) electrons. The molecule has 0 saturated carbocycles. The van der Waals surface area contributed by atoms with Gasteiger partial charge < -0.3 is 10.7 Å². The van der Waals surface area contributed by atoms with E-state index in [1.165, 1.54) is 10.9 Å². The number of anilines is 1. The Bertz CT molecular complexity index is 921. The van der Waals surface area contributed by atoms with E-state index in [-0.39, 0.29) is 5.91 Å². The molecule has 0 aliphatic carbocycles. The van der Waals surface area contributed by atoms with Crippen molar-refractivity contribution in [2.24, 2.45) is 0 Å². The lowest BCUT2D eigenvalue weighted by Gasteiger charge is -2.08. The highest BCUT2D eigenvalue weighted by Gasteiger charge is 2.27. The zero-order valence-corrected chi connectivity index (χ0v) is 12.0. The summed E-state index contributed by atoms with van der Waals surface area (Å²) in [5.74, 6) is -0.0533. The van der Waals surface area contributed by atoms with Crippen molar-refractivity contribution >= 4 is 28.7 Å². The van der Waals surface area contributed by atoms with Crippen molar-refractivity contribution in [1.82, 2.24) is 4.98 Å². The van der Waals surface area contributed by atoms with Gasteiger partial charge in [0.1, 0.15) is 11.3 Å². The van der Waals surface area contributed by atoms with Gasteiger partial charge in [-0.2, -0.15) is 4.58 Å². The smallest absolute Gasteiger partial charge is 0.398 e. The molecule has 4 rings (SSSR count). The van der Waals surface area contributed by atoms with Gasteiger partial charge in [-0.15, -0.1) is 0 Å². The Balaban J connectivity index is 1.79. The van der Waals surface area contributed by atoms with Gasteiger partial charge in [0.05, 0.1) is 0 Å². The molecule has 0 fully saturated rings. The second-order valence-corrected chi connectivity index (χ2v) is 5.53. The van der Waals surface area contributed by atoms with E-state index < -0.39 is 0 Å². The first-order valence-electron chi connectivity index (χ1n) is 7.34. The van der Waals surface area contributed by atoms with Crippen molar-refractivity contribution in [2.75, 3.05) is 12.3 Å². The minimum atomic E-state index is -0.0533. The number of aromatic amines is 1. The number of carbonyl (C=O) groups is 1. The molecule has 3 N–H and O–H groups in total. The maximum absolute atomic E-state index is 12.6. The number of hydrogen-bond acceptors (Lipinski definition) is 2. The number of hydrogen-bond donors (Lipinski definition) is 2. The Morgan fingerprint density at radius 3 is 2.73 bits per heavy atom. The number of nitrogens with two attached hydrogens (primary N) is 1. The minimum absolute atomic E-state index is 0.0533. The lowest BCUT2D eigenvalue weighted by molar-refractivity contribution is -0.424. The molecule has 22 heavy (non-hydrogen) atoms. The van der Waals surface area contributed by atoms with Gasteiger partial charge in [0.2, 0.25) is 0 Å². The van der Waals surface area contributed by atoms with Gasteiger partial charge in [0.25, 0.3) is 0 Å². The molecule has 1 aliphatic heterocycles. The van der Waals surface area contributed by atoms with Crippen molar-refractivity contribution < 1.29 is 9.37 Å². The molecule has 4 nitrogen and oxygen atoms in total. The van der Waals surface area contributed by atoms with E-state index in [0.29, 0.717) is 17.8 Å². The Morgan fingerprint density at radius 2 is 1.86 bits per heavy atom. The highest BCUT2D eigenvalue weighted by atomic mass is 16.2. The van der Waals surface area contributed by atoms with Crippen LogP contribution in [-0.4, -0.2) is 28.2 Å². The first-order chi connectivity index (χ1) is 10.7. The molecule has 4 heteroatoms. The molecule has 1 aromatic heterocycles. The number of nitrogens with one attached hydrogen (secondary N) is 1. The number of benzene rings is 2. The van der Waals surface area contributed by atoms with Gasteiger partial charge in [-0.3, -0.25) is 0 Å². The zero-order valence-electron chi connectivity index (χ0n) is 12.0. The summed E-state index contributed by atoms with van der Waals surface area (Å²) in [5, 5.41) is 1.24. The van der Waals surface area contributed by atoms with E-state index >= 15 is 0 Å². The number of nitrogens with zero attached hydrogens (tertiary/aromatic N) is 1. The summed E-state index contributed by atoms with van der Waals surface area (Å²) in [4.78, 5) is 16.0. The van der Waals surface area contributed by atoms with Crippen LogP contribution < -0.4 is 5.73 Å².